The summed E-state index contributed by atoms with van der Waals surface area (Å²) < 4.78 is 28.9. The van der Waals surface area contributed by atoms with Crippen LogP contribution in [-0.2, 0) is 22.8 Å². The molecule has 0 aliphatic carbocycles. The molecule has 2 aliphatic rings. The van der Waals surface area contributed by atoms with Gasteiger partial charge in [-0.3, -0.25) is 4.90 Å². The normalized spacial score (nSPS) is 20.4. The monoisotopic (exact) mass is 357 g/mol. The van der Waals surface area contributed by atoms with Crippen LogP contribution < -0.4 is 4.74 Å². The highest BCUT2D eigenvalue weighted by atomic mass is 32.2. The highest BCUT2D eigenvalue weighted by Crippen LogP contribution is 2.36. The van der Waals surface area contributed by atoms with Crippen molar-refractivity contribution in [1.82, 2.24) is 4.90 Å². The van der Waals surface area contributed by atoms with Gasteiger partial charge in [0.2, 0.25) is 0 Å². The Morgan fingerprint density at radius 1 is 1.16 bits per heavy atom. The molecule has 4 rings (SSSR count). The van der Waals surface area contributed by atoms with Crippen LogP contribution >= 0.6 is 0 Å². The van der Waals surface area contributed by atoms with Gasteiger partial charge in [0.1, 0.15) is 5.75 Å². The standard InChI is InChI=1S/C20H23NO3S/c1-25(22,23)18-8-4-15(5-9-18)14-21-11-2-3-19(21)17-7-6-16-10-12-24-20(16)13-17/h4-9,13,19H,2-3,10-12,14H2,1H3/t19-/m1/s1. The van der Waals surface area contributed by atoms with Crippen LogP contribution in [0.2, 0.25) is 0 Å². The third kappa shape index (κ3) is 3.44. The number of nitrogens with zero attached hydrogens (tertiary/aromatic N) is 1. The van der Waals surface area contributed by atoms with Crippen molar-refractivity contribution in [3.8, 4) is 5.75 Å². The zero-order chi connectivity index (χ0) is 17.4. The molecule has 1 saturated heterocycles. The van der Waals surface area contributed by atoms with E-state index in [1.54, 1.807) is 12.1 Å². The second-order valence-electron chi connectivity index (χ2n) is 7.01. The van der Waals surface area contributed by atoms with E-state index in [4.69, 9.17) is 4.74 Å². The summed E-state index contributed by atoms with van der Waals surface area (Å²) in [5.74, 6) is 1.04. The van der Waals surface area contributed by atoms with Crippen molar-refractivity contribution in [3.63, 3.8) is 0 Å². The fourth-order valence-corrected chi connectivity index (χ4v) is 4.49. The molecule has 5 heteroatoms. The Balaban J connectivity index is 1.52. The van der Waals surface area contributed by atoms with Crippen molar-refractivity contribution >= 4 is 9.84 Å². The highest BCUT2D eigenvalue weighted by molar-refractivity contribution is 7.90. The molecule has 0 aromatic heterocycles. The first-order valence-electron chi connectivity index (χ1n) is 8.79. The Bertz CT molecular complexity index is 874. The lowest BCUT2D eigenvalue weighted by Crippen LogP contribution is -2.22. The molecule has 1 atom stereocenters. The van der Waals surface area contributed by atoms with Crippen LogP contribution in [-0.4, -0.2) is 32.7 Å². The minimum absolute atomic E-state index is 0.380. The molecular weight excluding hydrogens is 334 g/mol. The van der Waals surface area contributed by atoms with Gasteiger partial charge < -0.3 is 4.74 Å². The van der Waals surface area contributed by atoms with E-state index >= 15 is 0 Å². The third-order valence-corrected chi connectivity index (χ3v) is 6.33. The third-order valence-electron chi connectivity index (χ3n) is 5.21. The molecule has 132 valence electrons. The molecule has 0 unspecified atom stereocenters. The number of sulfone groups is 1. The van der Waals surface area contributed by atoms with Crippen molar-refractivity contribution in [3.05, 3.63) is 59.2 Å². The Morgan fingerprint density at radius 3 is 2.72 bits per heavy atom. The molecule has 1 fully saturated rings. The van der Waals surface area contributed by atoms with Crippen molar-refractivity contribution in [2.24, 2.45) is 0 Å². The van der Waals surface area contributed by atoms with Crippen LogP contribution in [0, 0.1) is 0 Å². The number of hydrogen-bond donors (Lipinski definition) is 0. The summed E-state index contributed by atoms with van der Waals surface area (Å²) in [6.07, 6.45) is 4.59. The summed E-state index contributed by atoms with van der Waals surface area (Å²) >= 11 is 0. The largest absolute Gasteiger partial charge is 0.493 e. The van der Waals surface area contributed by atoms with Gasteiger partial charge in [0, 0.05) is 25.3 Å². The van der Waals surface area contributed by atoms with Crippen molar-refractivity contribution in [2.75, 3.05) is 19.4 Å². The lowest BCUT2D eigenvalue weighted by Gasteiger charge is -2.25. The maximum Gasteiger partial charge on any atom is 0.175 e. The molecule has 0 saturated carbocycles. The second-order valence-corrected chi connectivity index (χ2v) is 9.03. The zero-order valence-electron chi connectivity index (χ0n) is 14.4. The lowest BCUT2D eigenvalue weighted by molar-refractivity contribution is 0.248. The topological polar surface area (TPSA) is 46.6 Å². The zero-order valence-corrected chi connectivity index (χ0v) is 15.3. The van der Waals surface area contributed by atoms with Gasteiger partial charge in [-0.1, -0.05) is 24.3 Å². The molecule has 25 heavy (non-hydrogen) atoms. The summed E-state index contributed by atoms with van der Waals surface area (Å²) in [7, 11) is -3.13. The Morgan fingerprint density at radius 2 is 1.96 bits per heavy atom. The predicted molar refractivity (Wildman–Crippen MR) is 97.6 cm³/mol. The van der Waals surface area contributed by atoms with Crippen LogP contribution in [0.25, 0.3) is 0 Å². The maximum absolute atomic E-state index is 11.6. The molecule has 0 radical (unpaired) electrons. The number of ether oxygens (including phenoxy) is 1. The van der Waals surface area contributed by atoms with Crippen LogP contribution in [0.5, 0.6) is 5.75 Å². The first kappa shape index (κ1) is 16.6. The summed E-state index contributed by atoms with van der Waals surface area (Å²) in [5.41, 5.74) is 3.78. The van der Waals surface area contributed by atoms with E-state index in [0.717, 1.165) is 43.9 Å². The van der Waals surface area contributed by atoms with Gasteiger partial charge in [-0.2, -0.15) is 0 Å². The summed E-state index contributed by atoms with van der Waals surface area (Å²) in [4.78, 5) is 2.86. The van der Waals surface area contributed by atoms with E-state index in [1.807, 2.05) is 12.1 Å². The molecule has 2 aliphatic heterocycles. The minimum Gasteiger partial charge on any atom is -0.493 e. The average Bonchev–Trinajstić information content (AvgIpc) is 3.22. The van der Waals surface area contributed by atoms with Crippen LogP contribution in [0.15, 0.2) is 47.4 Å². The number of benzene rings is 2. The first-order valence-corrected chi connectivity index (χ1v) is 10.7. The number of likely N-dealkylation sites (tertiary alicyclic amines) is 1. The van der Waals surface area contributed by atoms with Gasteiger partial charge in [0.25, 0.3) is 0 Å². The summed E-state index contributed by atoms with van der Waals surface area (Å²) in [5, 5.41) is 0. The quantitative estimate of drug-likeness (QED) is 0.842. The Kier molecular flexibility index (Phi) is 4.29. The highest BCUT2D eigenvalue weighted by Gasteiger charge is 2.27. The van der Waals surface area contributed by atoms with Crippen molar-refractivity contribution in [1.29, 1.82) is 0 Å². The van der Waals surface area contributed by atoms with Gasteiger partial charge in [0.15, 0.2) is 9.84 Å². The molecule has 4 nitrogen and oxygen atoms in total. The summed E-state index contributed by atoms with van der Waals surface area (Å²) in [6.45, 7) is 2.70. The second kappa shape index (κ2) is 6.46. The van der Waals surface area contributed by atoms with Gasteiger partial charge in [-0.05, 0) is 54.3 Å². The molecular formula is C20H23NO3S. The first-order chi connectivity index (χ1) is 12.0. The van der Waals surface area contributed by atoms with Gasteiger partial charge >= 0.3 is 0 Å². The van der Waals surface area contributed by atoms with Gasteiger partial charge in [0.05, 0.1) is 11.5 Å². The van der Waals surface area contributed by atoms with Crippen LogP contribution in [0.1, 0.15) is 35.6 Å². The van der Waals surface area contributed by atoms with E-state index in [0.29, 0.717) is 10.9 Å². The van der Waals surface area contributed by atoms with Gasteiger partial charge in [-0.15, -0.1) is 0 Å². The molecule has 0 spiro atoms. The lowest BCUT2D eigenvalue weighted by atomic mass is 10.0. The van der Waals surface area contributed by atoms with Crippen molar-refractivity contribution < 1.29 is 13.2 Å². The molecule has 2 aromatic carbocycles. The number of hydrogen-bond acceptors (Lipinski definition) is 4. The molecule has 2 aromatic rings. The molecule has 2 heterocycles. The summed E-state index contributed by atoms with van der Waals surface area (Å²) in [6, 6.07) is 14.3. The Hall–Kier alpha value is -1.85. The fourth-order valence-electron chi connectivity index (χ4n) is 3.86. The smallest absolute Gasteiger partial charge is 0.175 e. The van der Waals surface area contributed by atoms with E-state index < -0.39 is 9.84 Å². The number of rotatable bonds is 4. The fraction of sp³-hybridized carbons (Fsp3) is 0.400. The van der Waals surface area contributed by atoms with E-state index in [9.17, 15) is 8.42 Å². The van der Waals surface area contributed by atoms with E-state index in [1.165, 1.54) is 23.8 Å². The molecule has 0 N–H and O–H groups in total. The van der Waals surface area contributed by atoms with E-state index in [-0.39, 0.29) is 0 Å². The van der Waals surface area contributed by atoms with Crippen LogP contribution in [0.4, 0.5) is 0 Å². The number of fused-ring (bicyclic) bond motifs is 1. The van der Waals surface area contributed by atoms with Crippen molar-refractivity contribution in [2.45, 2.75) is 36.7 Å². The minimum atomic E-state index is -3.13. The predicted octanol–water partition coefficient (Wildman–Crippen LogP) is 3.36. The SMILES string of the molecule is CS(=O)(=O)c1ccc(CN2CCC[C@@H]2c2ccc3c(c2)OCC3)cc1. The average molecular weight is 357 g/mol. The van der Waals surface area contributed by atoms with E-state index in [2.05, 4.69) is 23.1 Å². The maximum atomic E-state index is 11.6. The van der Waals surface area contributed by atoms with Gasteiger partial charge in [-0.25, -0.2) is 8.42 Å². The molecule has 0 amide bonds. The van der Waals surface area contributed by atoms with Crippen LogP contribution in [0.3, 0.4) is 0 Å². The molecule has 0 bridgehead atoms. The Labute approximate surface area is 149 Å².